The quantitative estimate of drug-likeness (QED) is 0.874. The summed E-state index contributed by atoms with van der Waals surface area (Å²) < 4.78 is 10.7. The van der Waals surface area contributed by atoms with Crippen molar-refractivity contribution in [2.45, 2.75) is 33.2 Å². The minimum Gasteiger partial charge on any atom is -0.494 e. The van der Waals surface area contributed by atoms with Crippen molar-refractivity contribution in [3.05, 3.63) is 24.3 Å². The van der Waals surface area contributed by atoms with Gasteiger partial charge in [-0.3, -0.25) is 4.79 Å². The van der Waals surface area contributed by atoms with Gasteiger partial charge in [-0.1, -0.05) is 0 Å². The average Bonchev–Trinajstić information content (AvgIpc) is 2.26. The molecule has 18 heavy (non-hydrogen) atoms. The van der Waals surface area contributed by atoms with Crippen LogP contribution in [-0.2, 0) is 4.79 Å². The summed E-state index contributed by atoms with van der Waals surface area (Å²) in [6.07, 6.45) is 0. The van der Waals surface area contributed by atoms with Gasteiger partial charge in [-0.25, -0.2) is 0 Å². The summed E-state index contributed by atoms with van der Waals surface area (Å²) in [5, 5.41) is 2.83. The lowest BCUT2D eigenvalue weighted by molar-refractivity contribution is -0.124. The molecule has 0 radical (unpaired) electrons. The first kappa shape index (κ1) is 14.4. The van der Waals surface area contributed by atoms with E-state index in [2.05, 4.69) is 5.32 Å². The number of nitrogens with one attached hydrogen (secondary N) is 1. The molecule has 4 nitrogen and oxygen atoms in total. The van der Waals surface area contributed by atoms with Crippen LogP contribution in [0.15, 0.2) is 24.3 Å². The van der Waals surface area contributed by atoms with E-state index in [0.29, 0.717) is 12.4 Å². The van der Waals surface area contributed by atoms with Crippen molar-refractivity contribution in [3.63, 3.8) is 0 Å². The van der Waals surface area contributed by atoms with Gasteiger partial charge in [-0.2, -0.15) is 0 Å². The number of rotatable bonds is 5. The van der Waals surface area contributed by atoms with Gasteiger partial charge in [-0.15, -0.1) is 0 Å². The van der Waals surface area contributed by atoms with Crippen molar-refractivity contribution in [3.8, 4) is 11.5 Å². The number of benzene rings is 1. The number of carbonyl (C=O) groups is 1. The Kier molecular flexibility index (Phi) is 5.01. The van der Waals surface area contributed by atoms with Crippen LogP contribution in [0, 0.1) is 0 Å². The molecule has 0 aliphatic carbocycles. The van der Waals surface area contributed by atoms with Crippen LogP contribution in [0.25, 0.3) is 0 Å². The number of ether oxygens (including phenoxy) is 2. The standard InChI is InChI=1S/C14H21NO3/c1-5-17-11-6-8-12(9-7-11)18-10-13(16)15-14(2,3)4/h6-9H,5,10H2,1-4H3,(H,15,16). The molecule has 1 aromatic rings. The van der Waals surface area contributed by atoms with Crippen LogP contribution >= 0.6 is 0 Å². The zero-order valence-corrected chi connectivity index (χ0v) is 11.4. The monoisotopic (exact) mass is 251 g/mol. The predicted molar refractivity (Wildman–Crippen MR) is 71.0 cm³/mol. The molecule has 100 valence electrons. The number of carbonyl (C=O) groups excluding carboxylic acids is 1. The molecule has 1 aromatic carbocycles. The molecule has 4 heteroatoms. The maximum Gasteiger partial charge on any atom is 0.258 e. The highest BCUT2D eigenvalue weighted by Crippen LogP contribution is 2.17. The zero-order chi connectivity index (χ0) is 13.6. The summed E-state index contributed by atoms with van der Waals surface area (Å²) >= 11 is 0. The highest BCUT2D eigenvalue weighted by atomic mass is 16.5. The molecule has 0 aromatic heterocycles. The minimum absolute atomic E-state index is 0.0191. The van der Waals surface area contributed by atoms with Crippen LogP contribution in [0.3, 0.4) is 0 Å². The fraction of sp³-hybridized carbons (Fsp3) is 0.500. The third-order valence-electron chi connectivity index (χ3n) is 2.02. The van der Waals surface area contributed by atoms with E-state index in [1.165, 1.54) is 0 Å². The average molecular weight is 251 g/mol. The maximum absolute atomic E-state index is 11.5. The van der Waals surface area contributed by atoms with Crippen molar-refractivity contribution in [2.24, 2.45) is 0 Å². The Balaban J connectivity index is 2.41. The Bertz CT molecular complexity index is 379. The molecule has 1 amide bonds. The van der Waals surface area contributed by atoms with Gasteiger partial charge in [0.15, 0.2) is 6.61 Å². The SMILES string of the molecule is CCOc1ccc(OCC(=O)NC(C)(C)C)cc1. The van der Waals surface area contributed by atoms with Gasteiger partial charge in [0.1, 0.15) is 11.5 Å². The van der Waals surface area contributed by atoms with Gasteiger partial charge in [0, 0.05) is 5.54 Å². The van der Waals surface area contributed by atoms with Crippen molar-refractivity contribution in [1.29, 1.82) is 0 Å². The molecule has 0 saturated heterocycles. The largest absolute Gasteiger partial charge is 0.494 e. The highest BCUT2D eigenvalue weighted by Gasteiger charge is 2.13. The van der Waals surface area contributed by atoms with E-state index in [0.717, 1.165) is 5.75 Å². The van der Waals surface area contributed by atoms with E-state index < -0.39 is 0 Å². The second kappa shape index (κ2) is 6.28. The number of hydrogen-bond acceptors (Lipinski definition) is 3. The Morgan fingerprint density at radius 2 is 1.61 bits per heavy atom. The van der Waals surface area contributed by atoms with Crippen LogP contribution < -0.4 is 14.8 Å². The molecule has 1 N–H and O–H groups in total. The lowest BCUT2D eigenvalue weighted by Crippen LogP contribution is -2.43. The molecule has 0 unspecified atom stereocenters. The van der Waals surface area contributed by atoms with Crippen molar-refractivity contribution in [2.75, 3.05) is 13.2 Å². The Labute approximate surface area is 108 Å². The first-order valence-electron chi connectivity index (χ1n) is 6.07. The molecule has 0 bridgehead atoms. The van der Waals surface area contributed by atoms with E-state index in [-0.39, 0.29) is 18.1 Å². The molecule has 0 aliphatic rings. The second-order valence-corrected chi connectivity index (χ2v) is 4.99. The third kappa shape index (κ3) is 5.57. The van der Waals surface area contributed by atoms with Crippen molar-refractivity contribution in [1.82, 2.24) is 5.32 Å². The van der Waals surface area contributed by atoms with Gasteiger partial charge < -0.3 is 14.8 Å². The Hall–Kier alpha value is -1.71. The van der Waals surface area contributed by atoms with E-state index in [1.807, 2.05) is 39.8 Å². The van der Waals surface area contributed by atoms with Gasteiger partial charge in [-0.05, 0) is 52.0 Å². The van der Waals surface area contributed by atoms with E-state index >= 15 is 0 Å². The summed E-state index contributed by atoms with van der Waals surface area (Å²) in [6, 6.07) is 7.21. The van der Waals surface area contributed by atoms with Crippen LogP contribution in [0.5, 0.6) is 11.5 Å². The number of amides is 1. The van der Waals surface area contributed by atoms with Gasteiger partial charge in [0.25, 0.3) is 5.91 Å². The summed E-state index contributed by atoms with van der Waals surface area (Å²) in [5.74, 6) is 1.32. The highest BCUT2D eigenvalue weighted by molar-refractivity contribution is 5.78. The molecule has 0 fully saturated rings. The summed E-state index contributed by atoms with van der Waals surface area (Å²) in [4.78, 5) is 11.5. The van der Waals surface area contributed by atoms with Gasteiger partial charge in [0.2, 0.25) is 0 Å². The van der Waals surface area contributed by atoms with Gasteiger partial charge >= 0.3 is 0 Å². The van der Waals surface area contributed by atoms with Crippen LogP contribution in [0.4, 0.5) is 0 Å². The maximum atomic E-state index is 11.5. The van der Waals surface area contributed by atoms with Crippen LogP contribution in [0.2, 0.25) is 0 Å². The fourth-order valence-electron chi connectivity index (χ4n) is 1.40. The van der Waals surface area contributed by atoms with Crippen LogP contribution in [0.1, 0.15) is 27.7 Å². The normalized spacial score (nSPS) is 10.9. The van der Waals surface area contributed by atoms with E-state index in [9.17, 15) is 4.79 Å². The summed E-state index contributed by atoms with van der Waals surface area (Å²) in [7, 11) is 0. The molecule has 0 saturated carbocycles. The lowest BCUT2D eigenvalue weighted by atomic mass is 10.1. The van der Waals surface area contributed by atoms with Crippen molar-refractivity contribution >= 4 is 5.91 Å². The third-order valence-corrected chi connectivity index (χ3v) is 2.02. The van der Waals surface area contributed by atoms with Gasteiger partial charge in [0.05, 0.1) is 6.61 Å². The molecule has 1 rings (SSSR count). The molecule has 0 spiro atoms. The molecule has 0 aliphatic heterocycles. The van der Waals surface area contributed by atoms with E-state index in [1.54, 1.807) is 12.1 Å². The lowest BCUT2D eigenvalue weighted by Gasteiger charge is -2.20. The first-order valence-corrected chi connectivity index (χ1v) is 6.07. The molecular weight excluding hydrogens is 230 g/mol. The molecule has 0 heterocycles. The van der Waals surface area contributed by atoms with E-state index in [4.69, 9.17) is 9.47 Å². The molecular formula is C14H21NO3. The fourth-order valence-corrected chi connectivity index (χ4v) is 1.40. The first-order chi connectivity index (χ1) is 8.40. The molecule has 0 atom stereocenters. The smallest absolute Gasteiger partial charge is 0.258 e. The predicted octanol–water partition coefficient (Wildman–Crippen LogP) is 2.38. The summed E-state index contributed by atoms with van der Waals surface area (Å²) in [6.45, 7) is 8.38. The summed E-state index contributed by atoms with van der Waals surface area (Å²) in [5.41, 5.74) is -0.237. The zero-order valence-electron chi connectivity index (χ0n) is 11.4. The van der Waals surface area contributed by atoms with Crippen LogP contribution in [-0.4, -0.2) is 24.7 Å². The Morgan fingerprint density at radius 3 is 2.06 bits per heavy atom. The minimum atomic E-state index is -0.237. The van der Waals surface area contributed by atoms with Crippen molar-refractivity contribution < 1.29 is 14.3 Å². The second-order valence-electron chi connectivity index (χ2n) is 4.99. The number of hydrogen-bond donors (Lipinski definition) is 1. The Morgan fingerprint density at radius 1 is 1.11 bits per heavy atom. The topological polar surface area (TPSA) is 47.6 Å².